The van der Waals surface area contributed by atoms with Gasteiger partial charge in [-0.15, -0.1) is 0 Å². The Bertz CT molecular complexity index is 1190. The summed E-state index contributed by atoms with van der Waals surface area (Å²) in [5.41, 5.74) is 2.74. The number of nitrogens with one attached hydrogen (secondary N) is 1. The number of aromatic nitrogens is 1. The van der Waals surface area contributed by atoms with E-state index >= 15 is 0 Å². The first-order valence-corrected chi connectivity index (χ1v) is 10.5. The molecule has 0 bridgehead atoms. The zero-order valence-electron chi connectivity index (χ0n) is 18.8. The van der Waals surface area contributed by atoms with Crippen molar-refractivity contribution in [2.24, 2.45) is 0 Å². The van der Waals surface area contributed by atoms with Crippen LogP contribution in [-0.4, -0.2) is 37.6 Å². The van der Waals surface area contributed by atoms with E-state index in [2.05, 4.69) is 10.3 Å². The Kier molecular flexibility index (Phi) is 6.44. The van der Waals surface area contributed by atoms with Crippen LogP contribution in [-0.2, 0) is 11.3 Å². The smallest absolute Gasteiger partial charge is 0.263 e. The van der Waals surface area contributed by atoms with Crippen LogP contribution < -0.4 is 24.4 Å². The summed E-state index contributed by atoms with van der Waals surface area (Å²) in [7, 11) is 3.12. The number of nitrogens with zero attached hydrogens (tertiary/aromatic N) is 2. The average molecular weight is 447 g/mol. The van der Waals surface area contributed by atoms with E-state index in [9.17, 15) is 9.59 Å². The number of anilines is 1. The van der Waals surface area contributed by atoms with Crippen molar-refractivity contribution < 1.29 is 23.8 Å². The van der Waals surface area contributed by atoms with E-state index in [1.165, 1.54) is 0 Å². The number of ether oxygens (including phenoxy) is 3. The van der Waals surface area contributed by atoms with E-state index in [4.69, 9.17) is 14.2 Å². The fourth-order valence-corrected chi connectivity index (χ4v) is 3.73. The molecule has 1 aliphatic rings. The summed E-state index contributed by atoms with van der Waals surface area (Å²) in [6, 6.07) is 14.4. The molecule has 0 aliphatic carbocycles. The summed E-state index contributed by atoms with van der Waals surface area (Å²) in [6.07, 6.45) is 1.69. The van der Waals surface area contributed by atoms with Gasteiger partial charge in [0, 0.05) is 31.3 Å². The van der Waals surface area contributed by atoms with Gasteiger partial charge in [-0.05, 0) is 42.8 Å². The number of aryl methyl sites for hydroxylation is 1. The van der Waals surface area contributed by atoms with Gasteiger partial charge in [0.25, 0.3) is 5.91 Å². The zero-order valence-corrected chi connectivity index (χ0v) is 18.8. The molecule has 0 unspecified atom stereocenters. The molecule has 1 aliphatic heterocycles. The van der Waals surface area contributed by atoms with Crippen molar-refractivity contribution in [3.05, 3.63) is 71.4 Å². The number of benzene rings is 2. The van der Waals surface area contributed by atoms with E-state index in [0.29, 0.717) is 28.5 Å². The van der Waals surface area contributed by atoms with Gasteiger partial charge < -0.3 is 24.4 Å². The summed E-state index contributed by atoms with van der Waals surface area (Å²) in [6.45, 7) is 2.40. The fourth-order valence-electron chi connectivity index (χ4n) is 3.73. The monoisotopic (exact) mass is 447 g/mol. The number of carbonyl (C=O) groups is 2. The number of hydrogen-bond acceptors (Lipinski definition) is 6. The maximum Gasteiger partial charge on any atom is 0.263 e. The Hall–Kier alpha value is -4.07. The third-order valence-electron chi connectivity index (χ3n) is 5.38. The number of pyridine rings is 1. The first-order valence-electron chi connectivity index (χ1n) is 10.5. The highest BCUT2D eigenvalue weighted by Crippen LogP contribution is 2.38. The highest BCUT2D eigenvalue weighted by Gasteiger charge is 2.29. The topological polar surface area (TPSA) is 90.0 Å². The summed E-state index contributed by atoms with van der Waals surface area (Å²) in [4.78, 5) is 31.7. The predicted molar refractivity (Wildman–Crippen MR) is 123 cm³/mol. The number of rotatable bonds is 7. The van der Waals surface area contributed by atoms with Crippen LogP contribution in [0, 0.1) is 6.92 Å². The molecule has 2 amide bonds. The number of fused-ring (bicyclic) bond motifs is 2. The Morgan fingerprint density at radius 3 is 2.76 bits per heavy atom. The van der Waals surface area contributed by atoms with Crippen LogP contribution in [0.2, 0.25) is 0 Å². The minimum atomic E-state index is -0.260. The van der Waals surface area contributed by atoms with Crippen LogP contribution in [0.25, 0.3) is 0 Å². The molecule has 0 spiro atoms. The first kappa shape index (κ1) is 22.1. The molecule has 0 atom stereocenters. The summed E-state index contributed by atoms with van der Waals surface area (Å²) in [5, 5.41) is 2.89. The summed E-state index contributed by atoms with van der Waals surface area (Å²) >= 11 is 0. The molecule has 170 valence electrons. The van der Waals surface area contributed by atoms with E-state index < -0.39 is 0 Å². The van der Waals surface area contributed by atoms with Crippen LogP contribution in [0.4, 0.5) is 5.69 Å². The van der Waals surface area contributed by atoms with Crippen LogP contribution in [0.15, 0.2) is 54.7 Å². The van der Waals surface area contributed by atoms with Crippen LogP contribution in [0.5, 0.6) is 23.1 Å². The van der Waals surface area contributed by atoms with Crippen LogP contribution in [0.3, 0.4) is 0 Å². The molecule has 0 radical (unpaired) electrons. The molecule has 1 aromatic heterocycles. The summed E-state index contributed by atoms with van der Waals surface area (Å²) in [5.74, 6) is 1.49. The number of para-hydroxylation sites is 1. The third-order valence-corrected chi connectivity index (χ3v) is 5.38. The average Bonchev–Trinajstić information content (AvgIpc) is 2.94. The first-order chi connectivity index (χ1) is 16.0. The number of carbonyl (C=O) groups excluding carboxylic acids is 2. The summed E-state index contributed by atoms with van der Waals surface area (Å²) < 4.78 is 16.6. The molecule has 4 rings (SSSR count). The molecule has 3 aromatic rings. The number of hydrogen-bond donors (Lipinski definition) is 1. The molecule has 0 fully saturated rings. The molecule has 2 heterocycles. The molecule has 0 saturated heterocycles. The van der Waals surface area contributed by atoms with Crippen LogP contribution in [0.1, 0.15) is 27.9 Å². The lowest BCUT2D eigenvalue weighted by atomic mass is 10.1. The number of methoxy groups -OCH3 is 2. The van der Waals surface area contributed by atoms with Gasteiger partial charge in [-0.1, -0.05) is 18.2 Å². The maximum absolute atomic E-state index is 13.3. The van der Waals surface area contributed by atoms with E-state index in [1.54, 1.807) is 43.5 Å². The minimum absolute atomic E-state index is 0.112. The molecular formula is C25H25N3O5. The van der Waals surface area contributed by atoms with Gasteiger partial charge in [0.15, 0.2) is 17.2 Å². The van der Waals surface area contributed by atoms with Gasteiger partial charge in [-0.3, -0.25) is 9.59 Å². The Labute approximate surface area is 192 Å². The van der Waals surface area contributed by atoms with Crippen molar-refractivity contribution in [1.82, 2.24) is 10.3 Å². The van der Waals surface area contributed by atoms with E-state index in [-0.39, 0.29) is 37.2 Å². The molecule has 8 heteroatoms. The van der Waals surface area contributed by atoms with Gasteiger partial charge >= 0.3 is 0 Å². The van der Waals surface area contributed by atoms with Crippen molar-refractivity contribution in [3.8, 4) is 23.1 Å². The molecular weight excluding hydrogens is 422 g/mol. The Balaban J connectivity index is 1.50. The highest BCUT2D eigenvalue weighted by atomic mass is 16.5. The van der Waals surface area contributed by atoms with Gasteiger partial charge in [0.2, 0.25) is 11.8 Å². The fraction of sp³-hybridized carbons (Fsp3) is 0.240. The normalized spacial score (nSPS) is 12.2. The lowest BCUT2D eigenvalue weighted by molar-refractivity contribution is -0.121. The molecule has 2 aromatic carbocycles. The molecule has 0 saturated carbocycles. The largest absolute Gasteiger partial charge is 0.493 e. The quantitative estimate of drug-likeness (QED) is 0.592. The van der Waals surface area contributed by atoms with E-state index in [1.807, 2.05) is 37.3 Å². The second-order valence-electron chi connectivity index (χ2n) is 7.57. The lowest BCUT2D eigenvalue weighted by Gasteiger charge is -2.22. The Morgan fingerprint density at radius 1 is 1.12 bits per heavy atom. The minimum Gasteiger partial charge on any atom is -0.493 e. The van der Waals surface area contributed by atoms with Crippen molar-refractivity contribution >= 4 is 17.5 Å². The molecule has 1 N–H and O–H groups in total. The van der Waals surface area contributed by atoms with Crippen LogP contribution >= 0.6 is 0 Å². The van der Waals surface area contributed by atoms with Gasteiger partial charge in [0.05, 0.1) is 19.9 Å². The second-order valence-corrected chi connectivity index (χ2v) is 7.57. The van der Waals surface area contributed by atoms with Gasteiger partial charge in [-0.2, -0.15) is 0 Å². The van der Waals surface area contributed by atoms with Gasteiger partial charge in [-0.25, -0.2) is 4.98 Å². The molecule has 8 nitrogen and oxygen atoms in total. The highest BCUT2D eigenvalue weighted by molar-refractivity contribution is 6.09. The maximum atomic E-state index is 13.3. The standard InChI is InChI=1S/C25H25N3O5/c1-16-9-10-20-19(14-16)28(25(30)18-7-5-12-26-24(18)33-20)13-11-22(29)27-15-17-6-4-8-21(31-2)23(17)32-3/h4-10,12,14H,11,13,15H2,1-3H3,(H,27,29). The van der Waals surface area contributed by atoms with Gasteiger partial charge in [0.1, 0.15) is 5.56 Å². The molecule has 33 heavy (non-hydrogen) atoms. The Morgan fingerprint density at radius 2 is 1.97 bits per heavy atom. The predicted octanol–water partition coefficient (Wildman–Crippen LogP) is 3.87. The van der Waals surface area contributed by atoms with Crippen molar-refractivity contribution in [1.29, 1.82) is 0 Å². The third kappa shape index (κ3) is 4.59. The van der Waals surface area contributed by atoms with Crippen molar-refractivity contribution in [2.75, 3.05) is 25.7 Å². The zero-order chi connectivity index (χ0) is 23.4. The lowest BCUT2D eigenvalue weighted by Crippen LogP contribution is -2.35. The van der Waals surface area contributed by atoms with E-state index in [0.717, 1.165) is 11.1 Å². The van der Waals surface area contributed by atoms with Crippen molar-refractivity contribution in [3.63, 3.8) is 0 Å². The SMILES string of the molecule is COc1cccc(CNC(=O)CCN2C(=O)c3cccnc3Oc3ccc(C)cc32)c1OC. The van der Waals surface area contributed by atoms with Crippen molar-refractivity contribution in [2.45, 2.75) is 19.9 Å². The number of amides is 2. The second kappa shape index (κ2) is 9.60.